The maximum absolute atomic E-state index is 14.7. The fourth-order valence-electron chi connectivity index (χ4n) is 8.82. The number of nitrogens with zero attached hydrogens (tertiary/aromatic N) is 5. The number of ether oxygens (including phenoxy) is 3. The summed E-state index contributed by atoms with van der Waals surface area (Å²) in [7, 11) is 0. The van der Waals surface area contributed by atoms with Crippen LogP contribution in [-0.2, 0) is 51.2 Å². The van der Waals surface area contributed by atoms with Gasteiger partial charge in [0.1, 0.15) is 76.6 Å². The van der Waals surface area contributed by atoms with Gasteiger partial charge in [-0.1, -0.05) is 39.0 Å². The van der Waals surface area contributed by atoms with Crippen molar-refractivity contribution in [3.05, 3.63) is 107 Å². The molecule has 37 heteroatoms. The molecule has 0 fully saturated rings. The number of hydrogen-bond donors (Lipinski definition) is 13. The molecular weight excluding hydrogens is 1390 g/mol. The Bertz CT molecular complexity index is 3950. The molecule has 33 nitrogen and oxygen atoms in total. The highest BCUT2D eigenvalue weighted by Crippen LogP contribution is 2.30. The summed E-state index contributed by atoms with van der Waals surface area (Å²) in [5.41, 5.74) is 9.07. The molecule has 0 saturated carbocycles. The number of para-hydroxylation sites is 1. The van der Waals surface area contributed by atoms with Gasteiger partial charge in [-0.2, -0.15) is 0 Å². The van der Waals surface area contributed by atoms with Gasteiger partial charge in [0.25, 0.3) is 11.8 Å². The molecule has 16 N–H and O–H groups in total. The molecule has 9 amide bonds. The molecule has 0 bridgehead atoms. The van der Waals surface area contributed by atoms with Gasteiger partial charge < -0.3 is 83.0 Å². The van der Waals surface area contributed by atoms with Crippen molar-refractivity contribution in [3.63, 3.8) is 0 Å². The van der Waals surface area contributed by atoms with Crippen LogP contribution < -0.4 is 59.9 Å². The number of pyridine rings is 1. The maximum Gasteiger partial charge on any atom is 0.408 e. The quantitative estimate of drug-likeness (QED) is 0.0105. The minimum absolute atomic E-state index is 0. The number of nitrogen functional groups attached to an aromatic ring is 1. The van der Waals surface area contributed by atoms with Gasteiger partial charge in [0.2, 0.25) is 17.7 Å². The number of carboxylic acid groups (broad SMARTS) is 2. The molecule has 3 aromatic heterocycles. The molecule has 0 unspecified atom stereocenters. The van der Waals surface area contributed by atoms with Gasteiger partial charge in [0.05, 0.1) is 16.6 Å². The zero-order valence-electron chi connectivity index (χ0n) is 59.9. The fourth-order valence-corrected chi connectivity index (χ4v) is 8.82. The van der Waals surface area contributed by atoms with E-state index in [0.29, 0.717) is 42.9 Å². The minimum Gasteiger partial charge on any atom is -0.480 e. The predicted molar refractivity (Wildman–Crippen MR) is 381 cm³/mol. The summed E-state index contributed by atoms with van der Waals surface area (Å²) in [4.78, 5) is 144. The van der Waals surface area contributed by atoms with Crippen molar-refractivity contribution < 1.29 is 101 Å². The van der Waals surface area contributed by atoms with E-state index < -0.39 is 148 Å². The van der Waals surface area contributed by atoms with Crippen molar-refractivity contribution >= 4 is 105 Å². The minimum atomic E-state index is -1.54. The summed E-state index contributed by atoms with van der Waals surface area (Å²) >= 11 is 0. The average Bonchev–Trinajstić information content (AvgIpc) is 1.59. The van der Waals surface area contributed by atoms with Crippen LogP contribution in [0.2, 0.25) is 0 Å². The molecule has 0 aliphatic carbocycles. The molecule has 0 aliphatic heterocycles. The predicted octanol–water partition coefficient (Wildman–Crippen LogP) is 8.58. The molecule has 3 heterocycles. The summed E-state index contributed by atoms with van der Waals surface area (Å²) in [5, 5.41) is 36.5. The van der Waals surface area contributed by atoms with Crippen LogP contribution >= 0.6 is 0 Å². The Labute approximate surface area is 605 Å². The van der Waals surface area contributed by atoms with Crippen molar-refractivity contribution in [1.82, 2.24) is 56.0 Å². The van der Waals surface area contributed by atoms with Gasteiger partial charge in [-0.3, -0.25) is 38.2 Å². The second-order valence-electron chi connectivity index (χ2n) is 26.0. The van der Waals surface area contributed by atoms with Crippen LogP contribution in [0.1, 0.15) is 169 Å². The third kappa shape index (κ3) is 31.5. The maximum atomic E-state index is 14.7. The number of aromatic nitrogens is 5. The highest BCUT2D eigenvalue weighted by molar-refractivity contribution is 6.07. The molecule has 105 heavy (non-hydrogen) atoms. The molecule has 0 radical (unpaired) electrons. The first kappa shape index (κ1) is 89.8. The number of halogens is 4. The summed E-state index contributed by atoms with van der Waals surface area (Å²) in [6.45, 7) is 22.1. The van der Waals surface area contributed by atoms with E-state index in [4.69, 9.17) is 46.8 Å². The Hall–Kier alpha value is -11.2. The first-order valence-electron chi connectivity index (χ1n) is 32.5. The molecule has 580 valence electrons. The van der Waals surface area contributed by atoms with Crippen molar-refractivity contribution in [2.75, 3.05) is 36.1 Å². The number of amides is 9. The number of benzene rings is 3. The van der Waals surface area contributed by atoms with Gasteiger partial charge in [0.15, 0.2) is 29.1 Å². The summed E-state index contributed by atoms with van der Waals surface area (Å²) in [5.74, 6) is -4.86. The average molecular weight is 1490 g/mol. The number of nitrogens with two attached hydrogens (primary N) is 3. The van der Waals surface area contributed by atoms with Crippen LogP contribution in [0.4, 0.5) is 53.9 Å². The van der Waals surface area contributed by atoms with E-state index in [1.165, 1.54) is 37.1 Å². The number of urea groups is 1. The third-order valence-corrected chi connectivity index (χ3v) is 13.6. The molecular formula is C68H98F4N16O17. The van der Waals surface area contributed by atoms with E-state index in [1.807, 2.05) is 29.6 Å². The van der Waals surface area contributed by atoms with E-state index in [2.05, 4.69) is 63.5 Å². The van der Waals surface area contributed by atoms with Crippen LogP contribution in [0.25, 0.3) is 21.9 Å². The molecule has 4 atom stereocenters. The van der Waals surface area contributed by atoms with E-state index in [0.717, 1.165) is 53.6 Å². The normalized spacial score (nSPS) is 12.1. The number of rotatable bonds is 26. The lowest BCUT2D eigenvalue weighted by atomic mass is 10.1. The number of carbonyl (C=O) groups excluding carboxylic acids is 9. The topological polar surface area (TPSA) is 488 Å². The van der Waals surface area contributed by atoms with Gasteiger partial charge in [-0.15, -0.1) is 0 Å². The van der Waals surface area contributed by atoms with Gasteiger partial charge in [0, 0.05) is 50.8 Å². The van der Waals surface area contributed by atoms with Crippen molar-refractivity contribution in [1.29, 1.82) is 0 Å². The number of hydrogen-bond acceptors (Lipinski definition) is 20. The lowest BCUT2D eigenvalue weighted by molar-refractivity contribution is -0.139. The zero-order chi connectivity index (χ0) is 78.6. The highest BCUT2D eigenvalue weighted by Gasteiger charge is 2.29. The van der Waals surface area contributed by atoms with Crippen molar-refractivity contribution in [3.8, 4) is 0 Å². The number of carboxylic acids is 2. The Morgan fingerprint density at radius 3 is 1.66 bits per heavy atom. The van der Waals surface area contributed by atoms with Crippen LogP contribution in [0.3, 0.4) is 0 Å². The first-order chi connectivity index (χ1) is 48.4. The molecule has 0 spiro atoms. The number of fused-ring (bicyclic) bond motifs is 3. The Morgan fingerprint density at radius 1 is 0.648 bits per heavy atom. The number of unbranched alkanes of at least 4 members (excludes halogenated alkanes) is 2. The van der Waals surface area contributed by atoms with Crippen LogP contribution in [0.5, 0.6) is 0 Å². The SMILES string of the molecule is C.CC(C)(C)OC(=O)N[C@@H](CCCNC(N)=O)C(=O)Nc1c(F)cc(C(=O)O)cc1F.CCCCc1nc2c(N)nc3ccccc3c2n1CCCCNC(=O)c1cc(F)c(NC(=O)[C@H](C)NC(=O)CON)c(F)c1.C[C@H](NC(=O)OC(C)(C)C)C(=O)O.C[C@H](NC(=O)OC(C)(C)C)C(=O)n1ccnc1.[2HH]. The van der Waals surface area contributed by atoms with Crippen molar-refractivity contribution in [2.45, 2.75) is 190 Å². The Balaban J connectivity index is 0.000000781. The van der Waals surface area contributed by atoms with Crippen LogP contribution in [0, 0.1) is 23.3 Å². The number of imidazole rings is 2. The first-order valence-corrected chi connectivity index (χ1v) is 32.5. The number of aromatic carboxylic acids is 1. The number of nitrogens with one attached hydrogen (secondary N) is 8. The van der Waals surface area contributed by atoms with Gasteiger partial charge >= 0.3 is 36.2 Å². The second kappa shape index (κ2) is 41.8. The lowest BCUT2D eigenvalue weighted by Gasteiger charge is -2.23. The van der Waals surface area contributed by atoms with E-state index >= 15 is 0 Å². The van der Waals surface area contributed by atoms with Gasteiger partial charge in [-0.25, -0.2) is 62.4 Å². The molecule has 0 aliphatic rings. The number of primary amides is 1. The highest BCUT2D eigenvalue weighted by atomic mass is 19.1. The molecule has 3 aromatic carbocycles. The monoisotopic (exact) mass is 1490 g/mol. The Kier molecular flexibility index (Phi) is 35.7. The van der Waals surface area contributed by atoms with Gasteiger partial charge in [-0.05, 0) is 146 Å². The van der Waals surface area contributed by atoms with E-state index in [9.17, 15) is 70.3 Å². The van der Waals surface area contributed by atoms with Crippen LogP contribution in [-0.4, -0.2) is 161 Å². The van der Waals surface area contributed by atoms with E-state index in [-0.39, 0.29) is 46.3 Å². The number of anilines is 3. The largest absolute Gasteiger partial charge is 0.480 e. The summed E-state index contributed by atoms with van der Waals surface area (Å²) in [6, 6.07) is 5.76. The Morgan fingerprint density at radius 2 is 1.16 bits per heavy atom. The smallest absolute Gasteiger partial charge is 0.408 e. The second-order valence-corrected chi connectivity index (χ2v) is 26.0. The lowest BCUT2D eigenvalue weighted by Crippen LogP contribution is -2.46. The van der Waals surface area contributed by atoms with E-state index in [1.54, 1.807) is 69.2 Å². The standard InChI is InChI=1S/C30H36F2N8O4.C18H24F2N4O6.C11H17N3O3.C8H15NO4.CH4.H2/c1-3-4-11-23-38-26-27(19-9-5-6-10-22(19)37-28(26)33)40(23)13-8-7-12-35-30(43)18-14-20(31)25(21(32)15-18)39-29(42)17(2)36-24(41)16-44-34;1-18(2,3)30-17(29)23-12(5-4-6-22-16(21)28)14(25)24-13-10(19)7-9(15(26)27)8-11(13)20;1-8(9(15)14-6-5-12-7-14)13-10(16)17-11(2,3)4;1-5(6(10)11)9-7(12)13-8(2,3)4;;/h5-6,9-10,14-15,17H,3-4,7-8,11-13,16,34H2,1-2H3,(H2,33,37)(H,35,43)(H,36,41)(H,39,42);7-8,12H,4-6H2,1-3H3,(H,23,29)(H,24,25)(H,26,27)(H3,21,22,28);5-8H,1-4H3,(H,13,16);5H,1-4H3,(H,9,12)(H,10,11);1H4;1H/t17-;12-;8-;5-;;/m0000../s1/i;;;;;1+1. The number of aliphatic carboxylic acids is 1. The van der Waals surface area contributed by atoms with Crippen molar-refractivity contribution in [2.24, 2.45) is 11.6 Å². The number of alkyl carbamates (subject to hydrolysis) is 3. The van der Waals surface area contributed by atoms with Crippen LogP contribution in [0.15, 0.2) is 67.3 Å². The third-order valence-electron chi connectivity index (χ3n) is 13.6. The zero-order valence-corrected chi connectivity index (χ0v) is 59.9. The summed E-state index contributed by atoms with van der Waals surface area (Å²) in [6.07, 6.45) is 6.37. The summed E-state index contributed by atoms with van der Waals surface area (Å²) < 4.78 is 76.0. The number of aryl methyl sites for hydroxylation is 2. The molecule has 6 rings (SSSR count). The fraction of sp³-hybridized carbons (Fsp3) is 0.471. The molecule has 6 aromatic rings. The molecule has 0 saturated heterocycles. The number of carbonyl (C=O) groups is 11.